The van der Waals surface area contributed by atoms with Crippen LogP contribution >= 0.6 is 0 Å². The molecule has 2 unspecified atom stereocenters. The van der Waals surface area contributed by atoms with E-state index in [1.165, 1.54) is 17.2 Å². The lowest BCUT2D eigenvalue weighted by molar-refractivity contribution is -0.0491. The molecule has 0 bridgehead atoms. The van der Waals surface area contributed by atoms with E-state index >= 15 is 0 Å². The summed E-state index contributed by atoms with van der Waals surface area (Å²) in [7, 11) is -8.96. The molecular weight excluding hydrogens is 629 g/mol. The zero-order valence-corrected chi connectivity index (χ0v) is 31.4. The first-order valence-electron chi connectivity index (χ1n) is 15.6. The van der Waals surface area contributed by atoms with Crippen LogP contribution in [0.3, 0.4) is 0 Å². The topological polar surface area (TPSA) is 155 Å². The van der Waals surface area contributed by atoms with Crippen LogP contribution in [0, 0.1) is 6.92 Å². The van der Waals surface area contributed by atoms with Crippen LogP contribution < -0.4 is 21.7 Å². The van der Waals surface area contributed by atoms with Gasteiger partial charge in [0.25, 0.3) is 5.56 Å². The quantitative estimate of drug-likeness (QED) is 0.337. The van der Waals surface area contributed by atoms with Gasteiger partial charge in [-0.1, -0.05) is 78.3 Å². The highest BCUT2D eigenvalue weighted by Gasteiger charge is 2.67. The summed E-state index contributed by atoms with van der Waals surface area (Å²) in [4.78, 5) is 27.7. The molecule has 1 spiro atoms. The third-order valence-corrected chi connectivity index (χ3v) is 17.6. The fourth-order valence-electron chi connectivity index (χ4n) is 5.00. The predicted octanol–water partition coefficient (Wildman–Crippen LogP) is 4.79. The maximum Gasteiger partial charge on any atom is 0.330 e. The van der Waals surface area contributed by atoms with Crippen LogP contribution in [0.2, 0.25) is 37.3 Å². The predicted molar refractivity (Wildman–Crippen MR) is 184 cm³/mol. The van der Waals surface area contributed by atoms with Crippen molar-refractivity contribution in [2.45, 2.75) is 116 Å². The van der Waals surface area contributed by atoms with E-state index in [1.54, 1.807) is 37.3 Å². The first-order chi connectivity index (χ1) is 20.7. The van der Waals surface area contributed by atoms with Gasteiger partial charge in [0, 0.05) is 11.8 Å². The Hall–Kier alpha value is -2.34. The molecule has 0 radical (unpaired) electrons. The van der Waals surface area contributed by atoms with E-state index in [0.29, 0.717) is 17.2 Å². The standard InChI is InChI=1S/C28H44N4O7SSi2.C3H8/c1-10-41(6,7)39-23-25(32-16-18(2)24(33)30-26(32)34)38-20(17-37-42(8,9)27(3,4)5)28(23)22(29)21(40(35,36)31-28)19-14-12-11-13-15-19;1-3-2/h11-16,20,23,25,31H,10,17,29H2,1-9H3,(H,30,33,34);3H2,1-2H3/t20?,23-,25?,28-;/m0./s1. The van der Waals surface area contributed by atoms with Crippen molar-refractivity contribution in [3.05, 3.63) is 74.2 Å². The molecule has 0 saturated carbocycles. The van der Waals surface area contributed by atoms with E-state index in [1.807, 2.05) is 20.0 Å². The van der Waals surface area contributed by atoms with Gasteiger partial charge in [0.15, 0.2) is 22.9 Å². The molecule has 0 amide bonds. The van der Waals surface area contributed by atoms with Crippen molar-refractivity contribution in [1.82, 2.24) is 14.3 Å². The van der Waals surface area contributed by atoms with Gasteiger partial charge >= 0.3 is 5.69 Å². The van der Waals surface area contributed by atoms with Gasteiger partial charge < -0.3 is 19.3 Å². The highest BCUT2D eigenvalue weighted by molar-refractivity contribution is 7.99. The van der Waals surface area contributed by atoms with Crippen LogP contribution in [0.4, 0.5) is 0 Å². The molecule has 2 aliphatic heterocycles. The summed E-state index contributed by atoms with van der Waals surface area (Å²) >= 11 is 0. The molecule has 1 fully saturated rings. The molecule has 4 N–H and O–H groups in total. The summed E-state index contributed by atoms with van der Waals surface area (Å²) in [5, 5.41) is -0.135. The number of hydrogen-bond donors (Lipinski definition) is 3. The Kier molecular flexibility index (Phi) is 11.1. The lowest BCUT2D eigenvalue weighted by Crippen LogP contribution is -2.63. The highest BCUT2D eigenvalue weighted by atomic mass is 32.2. The normalized spacial score (nSPS) is 25.0. The van der Waals surface area contributed by atoms with Gasteiger partial charge in [-0.25, -0.2) is 13.2 Å². The number of nitrogens with zero attached hydrogens (tertiary/aromatic N) is 1. The average Bonchev–Trinajstić information content (AvgIpc) is 3.34. The van der Waals surface area contributed by atoms with E-state index in [-0.39, 0.29) is 22.2 Å². The van der Waals surface area contributed by atoms with Gasteiger partial charge in [0.05, 0.1) is 12.3 Å². The number of benzene rings is 1. The van der Waals surface area contributed by atoms with E-state index < -0.39 is 61.9 Å². The van der Waals surface area contributed by atoms with Crippen molar-refractivity contribution >= 4 is 31.6 Å². The van der Waals surface area contributed by atoms with Gasteiger partial charge in [0.2, 0.25) is 10.0 Å². The van der Waals surface area contributed by atoms with Crippen molar-refractivity contribution in [2.75, 3.05) is 6.61 Å². The summed E-state index contributed by atoms with van der Waals surface area (Å²) < 4.78 is 52.0. The Morgan fingerprint density at radius 1 is 1.07 bits per heavy atom. The third-order valence-electron chi connectivity index (χ3n) is 8.94. The molecule has 14 heteroatoms. The van der Waals surface area contributed by atoms with E-state index in [9.17, 15) is 18.0 Å². The van der Waals surface area contributed by atoms with Crippen LogP contribution in [0.25, 0.3) is 4.91 Å². The van der Waals surface area contributed by atoms with Gasteiger partial charge in [-0.05, 0) is 49.8 Å². The molecule has 4 rings (SSSR count). The second-order valence-corrected chi connectivity index (χ2v) is 24.9. The monoisotopic (exact) mass is 680 g/mol. The summed E-state index contributed by atoms with van der Waals surface area (Å²) in [5.41, 5.74) is 4.87. The van der Waals surface area contributed by atoms with E-state index in [0.717, 1.165) is 0 Å². The molecule has 1 aromatic carbocycles. The van der Waals surface area contributed by atoms with Crippen molar-refractivity contribution in [3.8, 4) is 0 Å². The number of sulfonamides is 1. The van der Waals surface area contributed by atoms with Crippen molar-refractivity contribution in [3.63, 3.8) is 0 Å². The van der Waals surface area contributed by atoms with Crippen LogP contribution in [0.15, 0.2) is 51.8 Å². The molecule has 2 aliphatic rings. The summed E-state index contributed by atoms with van der Waals surface area (Å²) in [6.45, 7) is 22.4. The fraction of sp³-hybridized carbons (Fsp3) is 0.613. The number of aromatic nitrogens is 2. The van der Waals surface area contributed by atoms with Crippen LogP contribution in [-0.2, 0) is 23.6 Å². The summed E-state index contributed by atoms with van der Waals surface area (Å²) in [6.07, 6.45) is -0.463. The molecule has 4 atom stereocenters. The maximum absolute atomic E-state index is 13.9. The van der Waals surface area contributed by atoms with Crippen LogP contribution in [0.1, 0.15) is 65.3 Å². The number of rotatable bonds is 8. The Labute approximate surface area is 269 Å². The van der Waals surface area contributed by atoms with Crippen LogP contribution in [-0.4, -0.2) is 59.0 Å². The highest BCUT2D eigenvalue weighted by Crippen LogP contribution is 2.50. The van der Waals surface area contributed by atoms with E-state index in [4.69, 9.17) is 19.3 Å². The fourth-order valence-corrected chi connectivity index (χ4v) is 8.97. The Morgan fingerprint density at radius 3 is 2.18 bits per heavy atom. The lowest BCUT2D eigenvalue weighted by Gasteiger charge is -2.41. The average molecular weight is 681 g/mol. The van der Waals surface area contributed by atoms with Crippen molar-refractivity contribution in [2.24, 2.45) is 5.73 Å². The minimum Gasteiger partial charge on any atom is -0.414 e. The zero-order chi connectivity index (χ0) is 34.2. The largest absolute Gasteiger partial charge is 0.414 e. The van der Waals surface area contributed by atoms with Crippen molar-refractivity contribution < 1.29 is 22.0 Å². The Morgan fingerprint density at radius 2 is 1.64 bits per heavy atom. The first-order valence-corrected chi connectivity index (χ1v) is 23.1. The number of hydrogen-bond acceptors (Lipinski definition) is 8. The third kappa shape index (κ3) is 7.31. The Bertz CT molecular complexity index is 1610. The molecule has 1 saturated heterocycles. The minimum absolute atomic E-state index is 0.00331. The molecule has 0 aliphatic carbocycles. The maximum atomic E-state index is 13.9. The second kappa shape index (κ2) is 13.4. The van der Waals surface area contributed by atoms with Gasteiger partial charge in [-0.3, -0.25) is 14.3 Å². The van der Waals surface area contributed by atoms with Gasteiger partial charge in [-0.2, -0.15) is 4.72 Å². The number of H-pyrrole nitrogens is 1. The van der Waals surface area contributed by atoms with Gasteiger partial charge in [-0.15, -0.1) is 0 Å². The number of ether oxygens (including phenoxy) is 1. The SMILES string of the molecule is CCC.CC[Si](C)(C)O[C@H]1C(n2cc(C)c(=O)[nH]c2=O)OC(CO[Si](C)(C)C(C)(C)C)[C@@]12NS(=O)(=O)C(c1ccccc1)=C2N. The molecule has 252 valence electrons. The molecule has 1 aromatic heterocycles. The number of nitrogens with one attached hydrogen (secondary N) is 2. The molecule has 11 nitrogen and oxygen atoms in total. The first kappa shape index (κ1) is 37.1. The van der Waals surface area contributed by atoms with Gasteiger partial charge in [0.1, 0.15) is 22.7 Å². The molecule has 2 aromatic rings. The second-order valence-electron chi connectivity index (χ2n) is 14.0. The Balaban J connectivity index is 0.00000177. The number of nitrogens with two attached hydrogens (primary N) is 1. The molecule has 3 heterocycles. The zero-order valence-electron chi connectivity index (χ0n) is 28.6. The molecule has 45 heavy (non-hydrogen) atoms. The lowest BCUT2D eigenvalue weighted by atomic mass is 9.85. The van der Waals surface area contributed by atoms with Crippen LogP contribution in [0.5, 0.6) is 0 Å². The summed E-state index contributed by atoms with van der Waals surface area (Å²) in [6, 6.07) is 9.36. The smallest absolute Gasteiger partial charge is 0.330 e. The summed E-state index contributed by atoms with van der Waals surface area (Å²) in [5.74, 6) is 0. The minimum atomic E-state index is -4.15. The van der Waals surface area contributed by atoms with E-state index in [2.05, 4.69) is 57.4 Å². The van der Waals surface area contributed by atoms with Crippen molar-refractivity contribution in [1.29, 1.82) is 0 Å². The molecular formula is C31H52N4O7SSi2. The number of aryl methyl sites for hydroxylation is 1. The number of aromatic amines is 1.